The zero-order valence-electron chi connectivity index (χ0n) is 15.7. The van der Waals surface area contributed by atoms with Crippen LogP contribution in [-0.4, -0.2) is 45.8 Å². The molecule has 2 aromatic rings. The molecule has 0 radical (unpaired) electrons. The molecule has 5 heteroatoms. The Labute approximate surface area is 155 Å². The lowest BCUT2D eigenvalue weighted by Crippen LogP contribution is -2.48. The van der Waals surface area contributed by atoms with Crippen LogP contribution in [0, 0.1) is 11.3 Å². The van der Waals surface area contributed by atoms with Crippen LogP contribution in [0.1, 0.15) is 54.2 Å². The van der Waals surface area contributed by atoms with Gasteiger partial charge in [0.05, 0.1) is 17.8 Å². The lowest BCUT2D eigenvalue weighted by atomic mass is 9.91. The van der Waals surface area contributed by atoms with Crippen LogP contribution in [-0.2, 0) is 13.5 Å². The summed E-state index contributed by atoms with van der Waals surface area (Å²) in [7, 11) is 2.07. The summed E-state index contributed by atoms with van der Waals surface area (Å²) in [5, 5.41) is 13.6. The van der Waals surface area contributed by atoms with Crippen molar-refractivity contribution in [2.24, 2.45) is 7.05 Å². The Morgan fingerprint density at radius 1 is 1.23 bits per heavy atom. The molecule has 1 aliphatic heterocycles. The fourth-order valence-electron chi connectivity index (χ4n) is 4.58. The highest BCUT2D eigenvalue weighted by molar-refractivity contribution is 5.34. The van der Waals surface area contributed by atoms with E-state index in [0.29, 0.717) is 12.1 Å². The Bertz CT molecular complexity index is 810. The monoisotopic (exact) mass is 349 g/mol. The normalized spacial score (nSPS) is 22.6. The van der Waals surface area contributed by atoms with E-state index in [4.69, 9.17) is 5.26 Å². The number of aryl methyl sites for hydroxylation is 1. The quantitative estimate of drug-likeness (QED) is 0.854. The number of nitrogens with zero attached hydrogens (tertiary/aromatic N) is 5. The van der Waals surface area contributed by atoms with E-state index in [2.05, 4.69) is 51.9 Å². The number of hydrogen-bond acceptors (Lipinski definition) is 4. The van der Waals surface area contributed by atoms with Gasteiger partial charge in [-0.25, -0.2) is 0 Å². The number of piperazine rings is 1. The van der Waals surface area contributed by atoms with Gasteiger partial charge in [-0.3, -0.25) is 14.5 Å². The highest BCUT2D eigenvalue weighted by Crippen LogP contribution is 2.35. The maximum Gasteiger partial charge on any atom is 0.0991 e. The van der Waals surface area contributed by atoms with Gasteiger partial charge in [0.15, 0.2) is 0 Å². The second kappa shape index (κ2) is 7.22. The molecule has 0 saturated carbocycles. The predicted octanol–water partition coefficient (Wildman–Crippen LogP) is 3.05. The van der Waals surface area contributed by atoms with Crippen LogP contribution in [0.25, 0.3) is 0 Å². The number of rotatable bonds is 3. The summed E-state index contributed by atoms with van der Waals surface area (Å²) in [5.41, 5.74) is 4.86. The fourth-order valence-corrected chi connectivity index (χ4v) is 4.58. The largest absolute Gasteiger partial charge is 0.294 e. The van der Waals surface area contributed by atoms with E-state index < -0.39 is 0 Å². The van der Waals surface area contributed by atoms with Gasteiger partial charge >= 0.3 is 0 Å². The number of aromatic nitrogens is 2. The van der Waals surface area contributed by atoms with Crippen molar-refractivity contribution in [3.63, 3.8) is 0 Å². The molecular formula is C21H27N5. The summed E-state index contributed by atoms with van der Waals surface area (Å²) in [5.74, 6) is 0. The Hall–Kier alpha value is -2.16. The third kappa shape index (κ3) is 3.15. The van der Waals surface area contributed by atoms with Crippen molar-refractivity contribution < 1.29 is 0 Å². The summed E-state index contributed by atoms with van der Waals surface area (Å²) in [4.78, 5) is 5.19. The molecule has 4 rings (SSSR count). The second-order valence-electron chi connectivity index (χ2n) is 7.56. The topological polar surface area (TPSA) is 48.1 Å². The van der Waals surface area contributed by atoms with Gasteiger partial charge in [-0.1, -0.05) is 12.1 Å². The first-order chi connectivity index (χ1) is 12.7. The van der Waals surface area contributed by atoms with Crippen LogP contribution >= 0.6 is 0 Å². The van der Waals surface area contributed by atoms with Crippen molar-refractivity contribution in [2.45, 2.75) is 38.3 Å². The first-order valence-corrected chi connectivity index (χ1v) is 9.66. The van der Waals surface area contributed by atoms with E-state index in [1.165, 1.54) is 29.7 Å². The third-order valence-electron chi connectivity index (χ3n) is 6.18. The van der Waals surface area contributed by atoms with Gasteiger partial charge in [0.25, 0.3) is 0 Å². The standard InChI is InChI=1S/C21H27N5/c1-16(18-6-3-5-17(13-18)14-22)25-9-11-26(12-10-25)21-8-4-7-20-19(21)15-23-24(20)2/h3,5-6,13,15-16,21H,4,7-12H2,1-2H3/t16-,21-/m1/s1. The Kier molecular flexibility index (Phi) is 4.80. The van der Waals surface area contributed by atoms with Crippen molar-refractivity contribution in [2.75, 3.05) is 26.2 Å². The minimum absolute atomic E-state index is 0.353. The molecule has 136 valence electrons. The van der Waals surface area contributed by atoms with Crippen LogP contribution in [0.3, 0.4) is 0 Å². The molecule has 0 N–H and O–H groups in total. The van der Waals surface area contributed by atoms with Crippen molar-refractivity contribution in [3.05, 3.63) is 52.8 Å². The third-order valence-corrected chi connectivity index (χ3v) is 6.18. The molecule has 26 heavy (non-hydrogen) atoms. The van der Waals surface area contributed by atoms with Crippen molar-refractivity contribution in [1.82, 2.24) is 19.6 Å². The first kappa shape index (κ1) is 17.3. The maximum absolute atomic E-state index is 9.14. The zero-order chi connectivity index (χ0) is 18.1. The summed E-state index contributed by atoms with van der Waals surface area (Å²) >= 11 is 0. The van der Waals surface area contributed by atoms with Crippen molar-refractivity contribution in [3.8, 4) is 6.07 Å². The molecule has 0 bridgehead atoms. The minimum Gasteiger partial charge on any atom is -0.294 e. The smallest absolute Gasteiger partial charge is 0.0991 e. The lowest BCUT2D eigenvalue weighted by molar-refractivity contribution is 0.0670. The average molecular weight is 349 g/mol. The molecule has 1 aromatic heterocycles. The van der Waals surface area contributed by atoms with E-state index in [1.54, 1.807) is 0 Å². The maximum atomic E-state index is 9.14. The Morgan fingerprint density at radius 2 is 2.04 bits per heavy atom. The molecule has 2 aliphatic rings. The van der Waals surface area contributed by atoms with Gasteiger partial charge in [0.2, 0.25) is 0 Å². The minimum atomic E-state index is 0.353. The van der Waals surface area contributed by atoms with E-state index in [1.807, 2.05) is 18.2 Å². The van der Waals surface area contributed by atoms with Crippen LogP contribution in [0.2, 0.25) is 0 Å². The van der Waals surface area contributed by atoms with Gasteiger partial charge in [-0.2, -0.15) is 10.4 Å². The zero-order valence-corrected chi connectivity index (χ0v) is 15.7. The average Bonchev–Trinajstić information content (AvgIpc) is 3.09. The molecule has 5 nitrogen and oxygen atoms in total. The van der Waals surface area contributed by atoms with Gasteiger partial charge in [0, 0.05) is 56.6 Å². The number of hydrogen-bond donors (Lipinski definition) is 0. The van der Waals surface area contributed by atoms with Gasteiger partial charge < -0.3 is 0 Å². The van der Waals surface area contributed by atoms with Crippen LogP contribution < -0.4 is 0 Å². The molecule has 2 heterocycles. The summed E-state index contributed by atoms with van der Waals surface area (Å²) < 4.78 is 2.06. The van der Waals surface area contributed by atoms with Crippen molar-refractivity contribution >= 4 is 0 Å². The fraction of sp³-hybridized carbons (Fsp3) is 0.524. The molecule has 1 aliphatic carbocycles. The highest BCUT2D eigenvalue weighted by atomic mass is 15.3. The molecule has 0 unspecified atom stereocenters. The van der Waals surface area contributed by atoms with Gasteiger partial charge in [0.1, 0.15) is 0 Å². The molecule has 1 fully saturated rings. The van der Waals surface area contributed by atoms with Gasteiger partial charge in [-0.15, -0.1) is 0 Å². The molecule has 2 atom stereocenters. The summed E-state index contributed by atoms with van der Waals surface area (Å²) in [6.07, 6.45) is 5.75. The van der Waals surface area contributed by atoms with Gasteiger partial charge in [-0.05, 0) is 43.9 Å². The lowest BCUT2D eigenvalue weighted by Gasteiger charge is -2.42. The molecule has 0 spiro atoms. The number of fused-ring (bicyclic) bond motifs is 1. The first-order valence-electron chi connectivity index (χ1n) is 9.66. The van der Waals surface area contributed by atoms with E-state index in [9.17, 15) is 0 Å². The van der Waals surface area contributed by atoms with Crippen LogP contribution in [0.5, 0.6) is 0 Å². The molecular weight excluding hydrogens is 322 g/mol. The summed E-state index contributed by atoms with van der Waals surface area (Å²) in [6.45, 7) is 6.60. The molecule has 1 aromatic carbocycles. The van der Waals surface area contributed by atoms with E-state index in [-0.39, 0.29) is 0 Å². The SMILES string of the molecule is C[C@H](c1cccc(C#N)c1)N1CCN([C@@H]2CCCc3c2cnn3C)CC1. The van der Waals surface area contributed by atoms with Crippen LogP contribution in [0.4, 0.5) is 0 Å². The number of benzene rings is 1. The molecule has 0 amide bonds. The molecule has 1 saturated heterocycles. The summed E-state index contributed by atoms with van der Waals surface area (Å²) in [6, 6.07) is 11.2. The Morgan fingerprint density at radius 3 is 2.81 bits per heavy atom. The Balaban J connectivity index is 1.42. The highest BCUT2D eigenvalue weighted by Gasteiger charge is 2.31. The van der Waals surface area contributed by atoms with Crippen molar-refractivity contribution in [1.29, 1.82) is 5.26 Å². The van der Waals surface area contributed by atoms with E-state index >= 15 is 0 Å². The van der Waals surface area contributed by atoms with Crippen LogP contribution in [0.15, 0.2) is 30.5 Å². The second-order valence-corrected chi connectivity index (χ2v) is 7.56. The number of nitriles is 1. The van der Waals surface area contributed by atoms with E-state index in [0.717, 1.165) is 38.2 Å². The predicted molar refractivity (Wildman–Crippen MR) is 102 cm³/mol.